The van der Waals surface area contributed by atoms with Crippen molar-refractivity contribution in [2.24, 2.45) is 0 Å². The van der Waals surface area contributed by atoms with E-state index in [0.29, 0.717) is 17.0 Å². The molecule has 0 fully saturated rings. The van der Waals surface area contributed by atoms with Crippen LogP contribution >= 0.6 is 0 Å². The molecular formula is C16H16N2O5S. The minimum absolute atomic E-state index is 0.163. The van der Waals surface area contributed by atoms with Gasteiger partial charge in [-0.2, -0.15) is 0 Å². The summed E-state index contributed by atoms with van der Waals surface area (Å²) >= 11 is 0. The van der Waals surface area contributed by atoms with E-state index in [1.54, 1.807) is 47.9 Å². The molecule has 1 unspecified atom stereocenters. The number of anilines is 1. The van der Waals surface area contributed by atoms with Gasteiger partial charge >= 0.3 is 0 Å². The van der Waals surface area contributed by atoms with Crippen molar-refractivity contribution in [3.63, 3.8) is 0 Å². The molecule has 2 N–H and O–H groups in total. The van der Waals surface area contributed by atoms with E-state index in [9.17, 15) is 13.2 Å². The first-order valence-electron chi connectivity index (χ1n) is 7.19. The molecular weight excluding hydrogens is 332 g/mol. The van der Waals surface area contributed by atoms with Crippen molar-refractivity contribution in [2.45, 2.75) is 17.4 Å². The molecule has 0 aromatic heterocycles. The summed E-state index contributed by atoms with van der Waals surface area (Å²) in [6.45, 7) is 0. The highest BCUT2D eigenvalue weighted by atomic mass is 32.2. The second kappa shape index (κ2) is 6.14. The van der Waals surface area contributed by atoms with Crippen molar-refractivity contribution in [3.8, 4) is 5.75 Å². The Balaban J connectivity index is 2.12. The van der Waals surface area contributed by atoms with Gasteiger partial charge in [0.05, 0.1) is 30.2 Å². The van der Waals surface area contributed by atoms with Crippen molar-refractivity contribution in [2.75, 3.05) is 11.4 Å². The molecule has 126 valence electrons. The second-order valence-corrected chi connectivity index (χ2v) is 7.07. The van der Waals surface area contributed by atoms with Gasteiger partial charge in [0.2, 0.25) is 5.91 Å². The lowest BCUT2D eigenvalue weighted by molar-refractivity contribution is -0.129. The van der Waals surface area contributed by atoms with E-state index < -0.39 is 22.0 Å². The van der Waals surface area contributed by atoms with Gasteiger partial charge in [-0.1, -0.05) is 18.2 Å². The van der Waals surface area contributed by atoms with Crippen LogP contribution < -0.4 is 14.5 Å². The van der Waals surface area contributed by atoms with Crippen molar-refractivity contribution in [3.05, 3.63) is 54.1 Å². The number of ether oxygens (including phenoxy) is 1. The van der Waals surface area contributed by atoms with Gasteiger partial charge in [-0.05, 0) is 35.9 Å². The highest BCUT2D eigenvalue weighted by molar-refractivity contribution is 7.93. The fourth-order valence-corrected chi connectivity index (χ4v) is 4.74. The third kappa shape index (κ3) is 2.59. The molecule has 1 aliphatic rings. The first-order chi connectivity index (χ1) is 11.5. The molecule has 7 nitrogen and oxygen atoms in total. The molecule has 1 heterocycles. The Labute approximate surface area is 139 Å². The maximum atomic E-state index is 12.9. The predicted octanol–water partition coefficient (Wildman–Crippen LogP) is 1.84. The summed E-state index contributed by atoms with van der Waals surface area (Å²) in [7, 11) is -2.27. The molecule has 0 radical (unpaired) electrons. The molecule has 8 heteroatoms. The Morgan fingerprint density at radius 1 is 1.21 bits per heavy atom. The van der Waals surface area contributed by atoms with E-state index in [1.165, 1.54) is 17.5 Å². The zero-order chi connectivity index (χ0) is 17.3. The van der Waals surface area contributed by atoms with E-state index in [4.69, 9.17) is 9.94 Å². The molecule has 1 atom stereocenters. The number of carbonyl (C=O) groups excluding carboxylic acids is 1. The summed E-state index contributed by atoms with van der Waals surface area (Å²) in [4.78, 5) is 11.8. The normalized spacial score (nSPS) is 18.1. The molecule has 1 aliphatic heterocycles. The van der Waals surface area contributed by atoms with Gasteiger partial charge in [-0.15, -0.1) is 0 Å². The Kier molecular flexibility index (Phi) is 4.16. The molecule has 0 spiro atoms. The average molecular weight is 348 g/mol. The number of fused-ring (bicyclic) bond motifs is 1. The summed E-state index contributed by atoms with van der Waals surface area (Å²) in [5.41, 5.74) is 2.50. The summed E-state index contributed by atoms with van der Waals surface area (Å²) in [5.74, 6) is -0.0667. The Morgan fingerprint density at radius 3 is 2.50 bits per heavy atom. The number of hydrogen-bond acceptors (Lipinski definition) is 5. The minimum Gasteiger partial charge on any atom is -0.497 e. The summed E-state index contributed by atoms with van der Waals surface area (Å²) in [6, 6.07) is 12.3. The second-order valence-electron chi connectivity index (χ2n) is 5.29. The van der Waals surface area contributed by atoms with Gasteiger partial charge in [0.25, 0.3) is 10.0 Å². The number of methoxy groups -OCH3 is 1. The first kappa shape index (κ1) is 16.3. The van der Waals surface area contributed by atoms with Crippen LogP contribution in [0.3, 0.4) is 0 Å². The van der Waals surface area contributed by atoms with Crippen LogP contribution in [0.15, 0.2) is 53.4 Å². The van der Waals surface area contributed by atoms with Gasteiger partial charge < -0.3 is 4.74 Å². The summed E-state index contributed by atoms with van der Waals surface area (Å²) < 4.78 is 32.1. The standard InChI is InChI=1S/C16H16N2O5S/c1-23-12-8-6-11(7-9-12)18-14(10-16(19)17-20)13-4-2-3-5-15(13)24(18,21)22/h2-9,14,20H,10H2,1H3,(H,17,19). The van der Waals surface area contributed by atoms with Crippen LogP contribution in [-0.2, 0) is 14.8 Å². The number of benzene rings is 2. The van der Waals surface area contributed by atoms with E-state index in [2.05, 4.69) is 0 Å². The van der Waals surface area contributed by atoms with Crippen molar-refractivity contribution < 1.29 is 23.2 Å². The molecule has 0 saturated heterocycles. The number of nitrogens with one attached hydrogen (secondary N) is 1. The number of hydrogen-bond donors (Lipinski definition) is 2. The van der Waals surface area contributed by atoms with E-state index >= 15 is 0 Å². The highest BCUT2D eigenvalue weighted by Gasteiger charge is 2.43. The Hall–Kier alpha value is -2.58. The van der Waals surface area contributed by atoms with Gasteiger partial charge in [-0.25, -0.2) is 13.9 Å². The van der Waals surface area contributed by atoms with Crippen LogP contribution in [0, 0.1) is 0 Å². The molecule has 24 heavy (non-hydrogen) atoms. The van der Waals surface area contributed by atoms with Gasteiger partial charge in [-0.3, -0.25) is 14.3 Å². The quantitative estimate of drug-likeness (QED) is 0.649. The number of nitrogens with zero attached hydrogens (tertiary/aromatic N) is 1. The van der Waals surface area contributed by atoms with Crippen LogP contribution in [0.25, 0.3) is 0 Å². The number of hydroxylamine groups is 1. The SMILES string of the molecule is COc1ccc(N2C(CC(=O)NO)c3ccccc3S2(=O)=O)cc1. The van der Waals surface area contributed by atoms with Gasteiger partial charge in [0.15, 0.2) is 0 Å². The van der Waals surface area contributed by atoms with Crippen LogP contribution in [0.5, 0.6) is 5.75 Å². The number of rotatable bonds is 4. The lowest BCUT2D eigenvalue weighted by atomic mass is 10.0. The molecule has 0 saturated carbocycles. The molecule has 1 amide bonds. The zero-order valence-electron chi connectivity index (χ0n) is 12.8. The maximum Gasteiger partial charge on any atom is 0.265 e. The molecule has 0 aliphatic carbocycles. The van der Waals surface area contributed by atoms with E-state index in [-0.39, 0.29) is 11.3 Å². The third-order valence-corrected chi connectivity index (χ3v) is 5.84. The molecule has 2 aromatic carbocycles. The van der Waals surface area contributed by atoms with Gasteiger partial charge in [0.1, 0.15) is 5.75 Å². The third-order valence-electron chi connectivity index (χ3n) is 3.93. The predicted molar refractivity (Wildman–Crippen MR) is 86.4 cm³/mol. The van der Waals surface area contributed by atoms with Gasteiger partial charge in [0, 0.05) is 0 Å². The Morgan fingerprint density at radius 2 is 1.88 bits per heavy atom. The topological polar surface area (TPSA) is 95.9 Å². The average Bonchev–Trinajstić information content (AvgIpc) is 2.82. The molecule has 2 aromatic rings. The lowest BCUT2D eigenvalue weighted by Gasteiger charge is -2.25. The molecule has 3 rings (SSSR count). The van der Waals surface area contributed by atoms with Crippen molar-refractivity contribution >= 4 is 21.6 Å². The van der Waals surface area contributed by atoms with Crippen LogP contribution in [0.4, 0.5) is 5.69 Å². The zero-order valence-corrected chi connectivity index (χ0v) is 13.7. The van der Waals surface area contributed by atoms with E-state index in [0.717, 1.165) is 0 Å². The van der Waals surface area contributed by atoms with Crippen LogP contribution in [0.2, 0.25) is 0 Å². The highest BCUT2D eigenvalue weighted by Crippen LogP contribution is 2.44. The number of amides is 1. The van der Waals surface area contributed by atoms with Crippen LogP contribution in [0.1, 0.15) is 18.0 Å². The lowest BCUT2D eigenvalue weighted by Crippen LogP contribution is -2.32. The smallest absolute Gasteiger partial charge is 0.265 e. The Bertz CT molecular complexity index is 864. The first-order valence-corrected chi connectivity index (χ1v) is 8.63. The van der Waals surface area contributed by atoms with E-state index in [1.807, 2.05) is 0 Å². The van der Waals surface area contributed by atoms with Crippen molar-refractivity contribution in [1.29, 1.82) is 0 Å². The number of carbonyl (C=O) groups is 1. The fraction of sp³-hybridized carbons (Fsp3) is 0.188. The summed E-state index contributed by atoms with van der Waals surface area (Å²) in [5, 5.41) is 8.81. The van der Waals surface area contributed by atoms with Crippen LogP contribution in [-0.4, -0.2) is 26.6 Å². The number of sulfonamides is 1. The van der Waals surface area contributed by atoms with Crippen molar-refractivity contribution in [1.82, 2.24) is 5.48 Å². The maximum absolute atomic E-state index is 12.9. The monoisotopic (exact) mass is 348 g/mol. The fourth-order valence-electron chi connectivity index (χ4n) is 2.85. The minimum atomic E-state index is -3.79. The largest absolute Gasteiger partial charge is 0.497 e. The summed E-state index contributed by atoms with van der Waals surface area (Å²) in [6.07, 6.45) is -0.196. The molecule has 0 bridgehead atoms.